The molecule has 3 atom stereocenters. The second kappa shape index (κ2) is 9.26. The number of aliphatic hydroxyl groups excluding tert-OH is 1. The van der Waals surface area contributed by atoms with Crippen LogP contribution in [0.5, 0.6) is 0 Å². The largest absolute Gasteiger partial charge is 0.389 e. The van der Waals surface area contributed by atoms with E-state index in [2.05, 4.69) is 40.3 Å². The number of hydrogen-bond acceptors (Lipinski definition) is 4. The maximum absolute atomic E-state index is 9.98. The Kier molecular flexibility index (Phi) is 7.68. The van der Waals surface area contributed by atoms with Crippen LogP contribution in [-0.2, 0) is 11.2 Å². The highest BCUT2D eigenvalue weighted by molar-refractivity contribution is 9.11. The van der Waals surface area contributed by atoms with Gasteiger partial charge in [-0.25, -0.2) is 0 Å². The smallest absolute Gasteiger partial charge is 0.0897 e. The van der Waals surface area contributed by atoms with Crippen molar-refractivity contribution in [1.29, 1.82) is 0 Å². The molecule has 1 heterocycles. The van der Waals surface area contributed by atoms with Gasteiger partial charge in [0.2, 0.25) is 0 Å². The highest BCUT2D eigenvalue weighted by Crippen LogP contribution is 2.26. The quantitative estimate of drug-likeness (QED) is 0.682. The normalized spacial score (nSPS) is 24.1. The Hall–Kier alpha value is 0.0600. The summed E-state index contributed by atoms with van der Waals surface area (Å²) in [7, 11) is 0. The third kappa shape index (κ3) is 6.37. The van der Waals surface area contributed by atoms with Gasteiger partial charge in [-0.2, -0.15) is 0 Å². The van der Waals surface area contributed by atoms with Crippen molar-refractivity contribution in [2.24, 2.45) is 5.92 Å². The molecular weight excluding hydrogens is 350 g/mol. The van der Waals surface area contributed by atoms with E-state index >= 15 is 0 Å². The summed E-state index contributed by atoms with van der Waals surface area (Å²) in [5.41, 5.74) is 0. The van der Waals surface area contributed by atoms with Crippen molar-refractivity contribution in [3.63, 3.8) is 0 Å². The van der Waals surface area contributed by atoms with Crippen LogP contribution in [0.1, 0.15) is 37.5 Å². The molecule has 0 radical (unpaired) electrons. The lowest BCUT2D eigenvalue weighted by atomic mass is 9.88. The van der Waals surface area contributed by atoms with Crippen LogP contribution in [0.2, 0.25) is 0 Å². The standard InChI is InChI=1S/C16H26BrNO2S/c1-12-4-2-3-5-15(12)20-11-13(19)10-18-9-8-14-6-7-16(17)21-14/h6-7,12-13,15,18-19H,2-5,8-11H2,1H3. The lowest BCUT2D eigenvalue weighted by Gasteiger charge is -2.29. The Morgan fingerprint density at radius 1 is 1.43 bits per heavy atom. The summed E-state index contributed by atoms with van der Waals surface area (Å²) in [4.78, 5) is 1.36. The van der Waals surface area contributed by atoms with Crippen LogP contribution in [0.4, 0.5) is 0 Å². The predicted octanol–water partition coefficient (Wildman–Crippen LogP) is 3.60. The van der Waals surface area contributed by atoms with Gasteiger partial charge in [-0.15, -0.1) is 11.3 Å². The highest BCUT2D eigenvalue weighted by atomic mass is 79.9. The minimum absolute atomic E-state index is 0.344. The van der Waals surface area contributed by atoms with Crippen LogP contribution in [0.3, 0.4) is 0 Å². The van der Waals surface area contributed by atoms with Gasteiger partial charge < -0.3 is 15.2 Å². The van der Waals surface area contributed by atoms with Crippen LogP contribution in [0, 0.1) is 5.92 Å². The molecule has 0 bridgehead atoms. The zero-order chi connectivity index (χ0) is 15.1. The number of rotatable bonds is 8. The molecule has 1 aliphatic carbocycles. The number of aliphatic hydroxyl groups is 1. The SMILES string of the molecule is CC1CCCCC1OCC(O)CNCCc1ccc(Br)s1. The van der Waals surface area contributed by atoms with Crippen molar-refractivity contribution in [2.75, 3.05) is 19.7 Å². The number of thiophene rings is 1. The molecule has 120 valence electrons. The van der Waals surface area contributed by atoms with E-state index in [4.69, 9.17) is 4.74 Å². The average Bonchev–Trinajstić information content (AvgIpc) is 2.88. The first-order chi connectivity index (χ1) is 10.1. The molecule has 1 aromatic heterocycles. The van der Waals surface area contributed by atoms with Gasteiger partial charge in [-0.1, -0.05) is 19.8 Å². The monoisotopic (exact) mass is 375 g/mol. The van der Waals surface area contributed by atoms with E-state index in [1.807, 2.05) is 0 Å². The third-order valence-electron chi connectivity index (χ3n) is 4.09. The van der Waals surface area contributed by atoms with Crippen LogP contribution in [0.15, 0.2) is 15.9 Å². The lowest BCUT2D eigenvalue weighted by Crippen LogP contribution is -2.35. The van der Waals surface area contributed by atoms with E-state index in [9.17, 15) is 5.11 Å². The highest BCUT2D eigenvalue weighted by Gasteiger charge is 2.22. The van der Waals surface area contributed by atoms with Crippen molar-refractivity contribution < 1.29 is 9.84 Å². The molecule has 2 rings (SSSR count). The molecular formula is C16H26BrNO2S. The molecule has 5 heteroatoms. The van der Waals surface area contributed by atoms with Crippen LogP contribution >= 0.6 is 27.3 Å². The fourth-order valence-corrected chi connectivity index (χ4v) is 4.27. The third-order valence-corrected chi connectivity index (χ3v) is 5.78. The summed E-state index contributed by atoms with van der Waals surface area (Å²) in [6, 6.07) is 4.22. The average molecular weight is 376 g/mol. The Labute approximate surface area is 140 Å². The molecule has 2 N–H and O–H groups in total. The molecule has 3 nitrogen and oxygen atoms in total. The van der Waals surface area contributed by atoms with E-state index in [1.165, 1.54) is 27.9 Å². The fraction of sp³-hybridized carbons (Fsp3) is 0.750. The molecule has 0 saturated heterocycles. The number of hydrogen-bond donors (Lipinski definition) is 2. The van der Waals surface area contributed by atoms with Crippen molar-refractivity contribution in [3.05, 3.63) is 20.8 Å². The molecule has 0 aliphatic heterocycles. The van der Waals surface area contributed by atoms with E-state index in [0.717, 1.165) is 19.4 Å². The van der Waals surface area contributed by atoms with Gasteiger partial charge in [-0.05, 0) is 53.2 Å². The number of nitrogens with one attached hydrogen (secondary N) is 1. The first-order valence-electron chi connectivity index (χ1n) is 7.89. The first-order valence-corrected chi connectivity index (χ1v) is 9.50. The van der Waals surface area contributed by atoms with Gasteiger partial charge in [-0.3, -0.25) is 0 Å². The van der Waals surface area contributed by atoms with Crippen LogP contribution < -0.4 is 5.32 Å². The van der Waals surface area contributed by atoms with Crippen LogP contribution in [0.25, 0.3) is 0 Å². The van der Waals surface area contributed by atoms with Crippen molar-refractivity contribution in [2.45, 2.75) is 51.2 Å². The van der Waals surface area contributed by atoms with Gasteiger partial charge in [0.25, 0.3) is 0 Å². The van der Waals surface area contributed by atoms with Crippen molar-refractivity contribution in [3.8, 4) is 0 Å². The summed E-state index contributed by atoms with van der Waals surface area (Å²) in [5.74, 6) is 0.635. The zero-order valence-corrected chi connectivity index (χ0v) is 15.1. The predicted molar refractivity (Wildman–Crippen MR) is 92.0 cm³/mol. The van der Waals surface area contributed by atoms with E-state index < -0.39 is 6.10 Å². The van der Waals surface area contributed by atoms with E-state index in [-0.39, 0.29) is 0 Å². The van der Waals surface area contributed by atoms with Crippen molar-refractivity contribution >= 4 is 27.3 Å². The molecule has 1 fully saturated rings. The van der Waals surface area contributed by atoms with E-state index in [1.54, 1.807) is 11.3 Å². The Balaban J connectivity index is 1.54. The molecule has 0 aromatic carbocycles. The summed E-state index contributed by atoms with van der Waals surface area (Å²) >= 11 is 5.23. The minimum atomic E-state index is -0.408. The minimum Gasteiger partial charge on any atom is -0.389 e. The molecule has 0 spiro atoms. The summed E-state index contributed by atoms with van der Waals surface area (Å²) in [6.45, 7) is 4.21. The van der Waals surface area contributed by atoms with Crippen LogP contribution in [-0.4, -0.2) is 37.0 Å². The maximum atomic E-state index is 9.98. The molecule has 1 saturated carbocycles. The molecule has 3 unspecified atom stereocenters. The first kappa shape index (κ1) is 17.4. The molecule has 0 amide bonds. The topological polar surface area (TPSA) is 41.5 Å². The summed E-state index contributed by atoms with van der Waals surface area (Å²) in [6.07, 6.45) is 5.93. The van der Waals surface area contributed by atoms with Gasteiger partial charge in [0.05, 0.1) is 22.6 Å². The Morgan fingerprint density at radius 3 is 2.95 bits per heavy atom. The van der Waals surface area contributed by atoms with E-state index in [0.29, 0.717) is 25.2 Å². The Morgan fingerprint density at radius 2 is 2.24 bits per heavy atom. The zero-order valence-electron chi connectivity index (χ0n) is 12.7. The molecule has 1 aliphatic rings. The number of ether oxygens (including phenoxy) is 1. The fourth-order valence-electron chi connectivity index (χ4n) is 2.79. The summed E-state index contributed by atoms with van der Waals surface area (Å²) < 4.78 is 7.06. The second-order valence-electron chi connectivity index (χ2n) is 5.95. The Bertz CT molecular complexity index is 413. The van der Waals surface area contributed by atoms with Gasteiger partial charge >= 0.3 is 0 Å². The number of halogens is 1. The lowest BCUT2D eigenvalue weighted by molar-refractivity contribution is -0.0450. The van der Waals surface area contributed by atoms with Gasteiger partial charge in [0.1, 0.15) is 0 Å². The van der Waals surface area contributed by atoms with Gasteiger partial charge in [0.15, 0.2) is 0 Å². The second-order valence-corrected chi connectivity index (χ2v) is 8.49. The summed E-state index contributed by atoms with van der Waals surface area (Å²) in [5, 5.41) is 13.3. The van der Waals surface area contributed by atoms with Gasteiger partial charge in [0, 0.05) is 18.0 Å². The molecule has 21 heavy (non-hydrogen) atoms. The molecule has 1 aromatic rings. The maximum Gasteiger partial charge on any atom is 0.0897 e. The van der Waals surface area contributed by atoms with Crippen molar-refractivity contribution in [1.82, 2.24) is 5.32 Å².